The minimum Gasteiger partial charge on any atom is -0.481 e. The van der Waals surface area contributed by atoms with Gasteiger partial charge in [-0.1, -0.05) is 12.1 Å². The molecular weight excluding hydrogens is 361 g/mol. The summed E-state index contributed by atoms with van der Waals surface area (Å²) in [7, 11) is 2.12. The molecule has 0 aliphatic carbocycles. The van der Waals surface area contributed by atoms with Crippen LogP contribution in [0.2, 0.25) is 0 Å². The second-order valence-electron chi connectivity index (χ2n) is 8.03. The Morgan fingerprint density at radius 3 is 2.43 bits per heavy atom. The molecule has 0 aromatic heterocycles. The summed E-state index contributed by atoms with van der Waals surface area (Å²) in [5.41, 5.74) is 0.801. The molecule has 28 heavy (non-hydrogen) atoms. The number of carboxylic acid groups (broad SMARTS) is 1. The van der Waals surface area contributed by atoms with Crippen molar-refractivity contribution < 1.29 is 19.1 Å². The molecule has 0 bridgehead atoms. The van der Waals surface area contributed by atoms with Crippen LogP contribution in [-0.2, 0) is 16.0 Å². The number of carboxylic acids is 1. The predicted molar refractivity (Wildman–Crippen MR) is 105 cm³/mol. The van der Waals surface area contributed by atoms with Crippen molar-refractivity contribution in [2.24, 2.45) is 5.92 Å². The van der Waals surface area contributed by atoms with Crippen molar-refractivity contribution in [3.05, 3.63) is 35.6 Å². The zero-order valence-electron chi connectivity index (χ0n) is 16.5. The number of amides is 1. The molecule has 0 radical (unpaired) electrons. The van der Waals surface area contributed by atoms with Crippen LogP contribution in [0.4, 0.5) is 4.39 Å². The van der Waals surface area contributed by atoms with Crippen molar-refractivity contribution in [1.29, 1.82) is 0 Å². The lowest BCUT2D eigenvalue weighted by Crippen LogP contribution is -2.57. The molecule has 7 heteroatoms. The number of rotatable bonds is 6. The van der Waals surface area contributed by atoms with Gasteiger partial charge in [0.25, 0.3) is 0 Å². The normalized spacial score (nSPS) is 24.3. The molecule has 0 spiro atoms. The predicted octanol–water partition coefficient (Wildman–Crippen LogP) is 1.70. The Bertz CT molecular complexity index is 674. The van der Waals surface area contributed by atoms with E-state index in [1.54, 1.807) is 12.1 Å². The minimum atomic E-state index is -0.785. The van der Waals surface area contributed by atoms with E-state index in [0.717, 1.165) is 38.2 Å². The number of hydrogen-bond donors (Lipinski definition) is 1. The lowest BCUT2D eigenvalue weighted by atomic mass is 9.86. The van der Waals surface area contributed by atoms with Gasteiger partial charge in [-0.2, -0.15) is 0 Å². The number of hydrogen-bond acceptors (Lipinski definition) is 4. The molecule has 6 nitrogen and oxygen atoms in total. The lowest BCUT2D eigenvalue weighted by Gasteiger charge is -2.46. The van der Waals surface area contributed by atoms with Crippen molar-refractivity contribution in [2.45, 2.75) is 31.7 Å². The van der Waals surface area contributed by atoms with Crippen LogP contribution in [0.15, 0.2) is 24.3 Å². The number of carbonyl (C=O) groups is 2. The van der Waals surface area contributed by atoms with E-state index < -0.39 is 5.97 Å². The van der Waals surface area contributed by atoms with E-state index in [1.807, 2.05) is 4.90 Å². The summed E-state index contributed by atoms with van der Waals surface area (Å²) in [6.07, 6.45) is 1.86. The highest BCUT2D eigenvalue weighted by atomic mass is 19.1. The largest absolute Gasteiger partial charge is 0.481 e. The van der Waals surface area contributed by atoms with Gasteiger partial charge in [-0.25, -0.2) is 4.39 Å². The Kier molecular flexibility index (Phi) is 7.02. The number of halogens is 1. The molecule has 0 saturated carbocycles. The van der Waals surface area contributed by atoms with Crippen LogP contribution in [0.25, 0.3) is 0 Å². The van der Waals surface area contributed by atoms with E-state index in [4.69, 9.17) is 5.11 Å². The van der Waals surface area contributed by atoms with E-state index in [9.17, 15) is 14.0 Å². The van der Waals surface area contributed by atoms with Gasteiger partial charge in [0.1, 0.15) is 5.82 Å². The summed E-state index contributed by atoms with van der Waals surface area (Å²) < 4.78 is 13.1. The smallest absolute Gasteiger partial charge is 0.303 e. The molecule has 2 fully saturated rings. The summed E-state index contributed by atoms with van der Waals surface area (Å²) in [6, 6.07) is 6.37. The second kappa shape index (κ2) is 9.47. The zero-order valence-corrected chi connectivity index (χ0v) is 16.5. The first-order valence-electron chi connectivity index (χ1n) is 10.1. The number of likely N-dealkylation sites (N-methyl/N-ethyl adjacent to an activating group) is 1. The van der Waals surface area contributed by atoms with Crippen LogP contribution < -0.4 is 0 Å². The molecule has 2 aliphatic heterocycles. The Morgan fingerprint density at radius 1 is 1.11 bits per heavy atom. The zero-order chi connectivity index (χ0) is 20.1. The van der Waals surface area contributed by atoms with Crippen LogP contribution in [0.5, 0.6) is 0 Å². The van der Waals surface area contributed by atoms with E-state index in [2.05, 4.69) is 16.8 Å². The van der Waals surface area contributed by atoms with Crippen LogP contribution in [0.1, 0.15) is 24.8 Å². The molecule has 2 aliphatic rings. The van der Waals surface area contributed by atoms with Crippen molar-refractivity contribution >= 4 is 11.9 Å². The maximum Gasteiger partial charge on any atom is 0.303 e. The average molecular weight is 391 g/mol. The van der Waals surface area contributed by atoms with Gasteiger partial charge >= 0.3 is 5.97 Å². The summed E-state index contributed by atoms with van der Waals surface area (Å²) in [5.74, 6) is -0.890. The van der Waals surface area contributed by atoms with Gasteiger partial charge in [-0.3, -0.25) is 14.5 Å². The van der Waals surface area contributed by atoms with Gasteiger partial charge in [-0.15, -0.1) is 0 Å². The monoisotopic (exact) mass is 391 g/mol. The van der Waals surface area contributed by atoms with Gasteiger partial charge in [0.2, 0.25) is 5.91 Å². The second-order valence-corrected chi connectivity index (χ2v) is 8.03. The van der Waals surface area contributed by atoms with Crippen LogP contribution >= 0.6 is 0 Å². The van der Waals surface area contributed by atoms with E-state index in [-0.39, 0.29) is 30.5 Å². The maximum absolute atomic E-state index is 13.1. The molecule has 2 atom stereocenters. The Labute approximate surface area is 165 Å². The van der Waals surface area contributed by atoms with Gasteiger partial charge in [0.05, 0.1) is 6.42 Å². The number of carbonyl (C=O) groups excluding carboxylic acids is 1. The average Bonchev–Trinajstić information content (AvgIpc) is 2.68. The first-order valence-corrected chi connectivity index (χ1v) is 10.1. The fourth-order valence-electron chi connectivity index (χ4n) is 4.36. The molecule has 2 saturated heterocycles. The third-order valence-electron chi connectivity index (χ3n) is 6.05. The molecule has 0 unspecified atom stereocenters. The van der Waals surface area contributed by atoms with Crippen LogP contribution in [0, 0.1) is 11.7 Å². The fourth-order valence-corrected chi connectivity index (χ4v) is 4.36. The number of piperazine rings is 1. The summed E-state index contributed by atoms with van der Waals surface area (Å²) in [4.78, 5) is 30.5. The minimum absolute atomic E-state index is 0.0313. The third-order valence-corrected chi connectivity index (χ3v) is 6.05. The molecule has 154 valence electrons. The van der Waals surface area contributed by atoms with E-state index in [1.165, 1.54) is 12.1 Å². The number of likely N-dealkylation sites (tertiary alicyclic amines) is 1. The van der Waals surface area contributed by atoms with Crippen molar-refractivity contribution in [3.8, 4) is 0 Å². The van der Waals surface area contributed by atoms with Crippen molar-refractivity contribution in [1.82, 2.24) is 14.7 Å². The standard InChI is InChI=1S/C21H30FN3O3/c1-23-10-12-24(13-11-23)19-8-9-25(15-17(19)4-7-21(27)28)20(26)14-16-2-5-18(22)6-3-16/h2-3,5-6,17,19H,4,7-15H2,1H3,(H,27,28)/t17-,19+/m1/s1. The number of piperidine rings is 1. The van der Waals surface area contributed by atoms with E-state index in [0.29, 0.717) is 25.6 Å². The Hall–Kier alpha value is -1.99. The molecular formula is C21H30FN3O3. The highest BCUT2D eigenvalue weighted by Crippen LogP contribution is 2.27. The van der Waals surface area contributed by atoms with Crippen LogP contribution in [0.3, 0.4) is 0 Å². The molecule has 1 N–H and O–H groups in total. The van der Waals surface area contributed by atoms with Gasteiger partial charge in [0.15, 0.2) is 0 Å². The summed E-state index contributed by atoms with van der Waals surface area (Å²) in [6.45, 7) is 5.33. The highest BCUT2D eigenvalue weighted by Gasteiger charge is 2.35. The SMILES string of the molecule is CN1CCN([C@H]2CCN(C(=O)Cc3ccc(F)cc3)C[C@H]2CCC(=O)O)CC1. The highest BCUT2D eigenvalue weighted by molar-refractivity contribution is 5.79. The Balaban J connectivity index is 1.63. The topological polar surface area (TPSA) is 64.1 Å². The third kappa shape index (κ3) is 5.52. The first-order chi connectivity index (χ1) is 13.4. The first kappa shape index (κ1) is 20.7. The quantitative estimate of drug-likeness (QED) is 0.800. The van der Waals surface area contributed by atoms with Crippen molar-refractivity contribution in [2.75, 3.05) is 46.3 Å². The van der Waals surface area contributed by atoms with Gasteiger partial charge in [-0.05, 0) is 43.5 Å². The molecule has 3 rings (SSSR count). The van der Waals surface area contributed by atoms with Gasteiger partial charge < -0.3 is 14.9 Å². The lowest BCUT2D eigenvalue weighted by molar-refractivity contribution is -0.137. The molecule has 2 heterocycles. The maximum atomic E-state index is 13.1. The van der Waals surface area contributed by atoms with Crippen molar-refractivity contribution in [3.63, 3.8) is 0 Å². The van der Waals surface area contributed by atoms with Crippen LogP contribution in [-0.4, -0.2) is 84.0 Å². The van der Waals surface area contributed by atoms with Gasteiger partial charge in [0, 0.05) is 51.7 Å². The fraction of sp³-hybridized carbons (Fsp3) is 0.619. The number of nitrogens with zero attached hydrogens (tertiary/aromatic N) is 3. The summed E-state index contributed by atoms with van der Waals surface area (Å²) >= 11 is 0. The molecule has 1 aromatic rings. The summed E-state index contributed by atoms with van der Waals surface area (Å²) in [5, 5.41) is 9.14. The van der Waals surface area contributed by atoms with E-state index >= 15 is 0 Å². The Morgan fingerprint density at radius 2 is 1.79 bits per heavy atom. The molecule has 1 amide bonds. The molecule has 1 aromatic carbocycles. The number of benzene rings is 1. The number of aliphatic carboxylic acids is 1.